The largest absolute Gasteiger partial charge is 0.474 e. The summed E-state index contributed by atoms with van der Waals surface area (Å²) in [5.41, 5.74) is 6.17. The molecule has 104 valence electrons. The number of rotatable bonds is 3. The molecule has 0 aromatic carbocycles. The molecule has 0 radical (unpaired) electrons. The minimum absolute atomic E-state index is 0.0278. The highest BCUT2D eigenvalue weighted by atomic mass is 16.5. The third-order valence-corrected chi connectivity index (χ3v) is 3.57. The summed E-state index contributed by atoms with van der Waals surface area (Å²) in [6.45, 7) is 4.49. The highest BCUT2D eigenvalue weighted by Crippen LogP contribution is 2.31. The lowest BCUT2D eigenvalue weighted by molar-refractivity contribution is 0.0965. The molecule has 1 fully saturated rings. The van der Waals surface area contributed by atoms with E-state index in [0.29, 0.717) is 23.3 Å². The molecular weight excluding hydrogens is 242 g/mol. The van der Waals surface area contributed by atoms with Crippen LogP contribution in [-0.4, -0.2) is 22.1 Å². The van der Waals surface area contributed by atoms with Crippen molar-refractivity contribution in [1.29, 1.82) is 0 Å². The molecular formula is C14H21N3O2. The van der Waals surface area contributed by atoms with Gasteiger partial charge in [0, 0.05) is 6.20 Å². The molecule has 1 aliphatic carbocycles. The van der Waals surface area contributed by atoms with Crippen LogP contribution in [0.3, 0.4) is 0 Å². The van der Waals surface area contributed by atoms with E-state index in [1.54, 1.807) is 18.3 Å². The van der Waals surface area contributed by atoms with E-state index in [2.05, 4.69) is 24.0 Å². The second-order valence-electron chi connectivity index (χ2n) is 5.50. The Balaban J connectivity index is 2.15. The summed E-state index contributed by atoms with van der Waals surface area (Å²) in [5.74, 6) is 1.79. The zero-order chi connectivity index (χ0) is 13.8. The molecule has 0 amide bonds. The van der Waals surface area contributed by atoms with Crippen LogP contribution in [-0.2, 0) is 0 Å². The van der Waals surface area contributed by atoms with Gasteiger partial charge in [0.1, 0.15) is 6.10 Å². The highest BCUT2D eigenvalue weighted by molar-refractivity contribution is 5.98. The summed E-state index contributed by atoms with van der Waals surface area (Å²) in [6, 6.07) is 3.49. The number of hydrogen-bond acceptors (Lipinski definition) is 4. The normalized spacial score (nSPS) is 28.1. The van der Waals surface area contributed by atoms with Crippen molar-refractivity contribution < 1.29 is 9.94 Å². The van der Waals surface area contributed by atoms with Crippen molar-refractivity contribution in [1.82, 2.24) is 4.98 Å². The minimum Gasteiger partial charge on any atom is -0.474 e. The van der Waals surface area contributed by atoms with Crippen LogP contribution < -0.4 is 10.5 Å². The molecule has 2 atom stereocenters. The van der Waals surface area contributed by atoms with Crippen LogP contribution in [0, 0.1) is 11.8 Å². The number of ether oxygens (including phenoxy) is 1. The molecule has 19 heavy (non-hydrogen) atoms. The molecule has 1 heterocycles. The Morgan fingerprint density at radius 2 is 2.05 bits per heavy atom. The van der Waals surface area contributed by atoms with E-state index in [4.69, 9.17) is 15.7 Å². The molecule has 0 aliphatic heterocycles. The van der Waals surface area contributed by atoms with Crippen molar-refractivity contribution in [2.24, 2.45) is 22.7 Å². The average molecular weight is 263 g/mol. The van der Waals surface area contributed by atoms with Gasteiger partial charge >= 0.3 is 0 Å². The lowest BCUT2D eigenvalue weighted by Gasteiger charge is -2.31. The van der Waals surface area contributed by atoms with Gasteiger partial charge in [0.05, 0.1) is 5.56 Å². The Hall–Kier alpha value is -1.78. The van der Waals surface area contributed by atoms with E-state index in [9.17, 15) is 0 Å². The molecule has 1 aromatic rings. The second kappa shape index (κ2) is 5.91. The van der Waals surface area contributed by atoms with Crippen LogP contribution in [0.15, 0.2) is 23.5 Å². The quantitative estimate of drug-likeness (QED) is 0.380. The molecule has 1 aliphatic rings. The molecule has 0 spiro atoms. The van der Waals surface area contributed by atoms with Crippen molar-refractivity contribution in [2.45, 2.75) is 39.2 Å². The molecule has 5 nitrogen and oxygen atoms in total. The van der Waals surface area contributed by atoms with Gasteiger partial charge in [-0.15, -0.1) is 0 Å². The SMILES string of the molecule is CC1CC(C)CC(Oc2ncccc2C(N)=NO)C1. The van der Waals surface area contributed by atoms with Crippen molar-refractivity contribution in [3.05, 3.63) is 23.9 Å². The maximum Gasteiger partial charge on any atom is 0.224 e. The van der Waals surface area contributed by atoms with Crippen LogP contribution >= 0.6 is 0 Å². The van der Waals surface area contributed by atoms with Gasteiger partial charge in [0.15, 0.2) is 5.84 Å². The van der Waals surface area contributed by atoms with E-state index in [1.807, 2.05) is 0 Å². The Labute approximate surface area is 113 Å². The van der Waals surface area contributed by atoms with Gasteiger partial charge < -0.3 is 15.7 Å². The minimum atomic E-state index is 0.0278. The van der Waals surface area contributed by atoms with Crippen LogP contribution in [0.4, 0.5) is 0 Å². The average Bonchev–Trinajstić information content (AvgIpc) is 2.37. The van der Waals surface area contributed by atoms with Gasteiger partial charge in [-0.05, 0) is 43.2 Å². The van der Waals surface area contributed by atoms with E-state index >= 15 is 0 Å². The zero-order valence-corrected chi connectivity index (χ0v) is 11.4. The number of pyridine rings is 1. The lowest BCUT2D eigenvalue weighted by atomic mass is 9.82. The lowest BCUT2D eigenvalue weighted by Crippen LogP contribution is -2.29. The highest BCUT2D eigenvalue weighted by Gasteiger charge is 2.26. The summed E-state index contributed by atoms with van der Waals surface area (Å²) < 4.78 is 5.97. The predicted molar refractivity (Wildman–Crippen MR) is 73.3 cm³/mol. The first-order chi connectivity index (χ1) is 9.10. The van der Waals surface area contributed by atoms with Crippen molar-refractivity contribution in [3.63, 3.8) is 0 Å². The van der Waals surface area contributed by atoms with Gasteiger partial charge in [-0.1, -0.05) is 19.0 Å². The molecule has 0 saturated heterocycles. The van der Waals surface area contributed by atoms with Gasteiger partial charge in [0.25, 0.3) is 0 Å². The van der Waals surface area contributed by atoms with Crippen LogP contribution in [0.25, 0.3) is 0 Å². The molecule has 1 saturated carbocycles. The number of aromatic nitrogens is 1. The Morgan fingerprint density at radius 1 is 1.37 bits per heavy atom. The number of nitrogens with zero attached hydrogens (tertiary/aromatic N) is 2. The number of nitrogens with two attached hydrogens (primary N) is 1. The molecule has 1 aromatic heterocycles. The summed E-state index contributed by atoms with van der Waals surface area (Å²) in [4.78, 5) is 4.20. The first kappa shape index (κ1) is 13.6. The topological polar surface area (TPSA) is 80.7 Å². The maximum absolute atomic E-state index is 8.78. The first-order valence-electron chi connectivity index (χ1n) is 6.69. The van der Waals surface area contributed by atoms with Crippen LogP contribution in [0.5, 0.6) is 5.88 Å². The zero-order valence-electron chi connectivity index (χ0n) is 11.4. The fraction of sp³-hybridized carbons (Fsp3) is 0.571. The monoisotopic (exact) mass is 263 g/mol. The summed E-state index contributed by atoms with van der Waals surface area (Å²) in [5, 5.41) is 11.8. The molecule has 5 heteroatoms. The second-order valence-corrected chi connectivity index (χ2v) is 5.50. The van der Waals surface area contributed by atoms with E-state index in [1.165, 1.54) is 6.42 Å². The van der Waals surface area contributed by atoms with E-state index in [-0.39, 0.29) is 11.9 Å². The Kier molecular flexibility index (Phi) is 4.24. The molecule has 2 unspecified atom stereocenters. The first-order valence-corrected chi connectivity index (χ1v) is 6.69. The van der Waals surface area contributed by atoms with Gasteiger partial charge in [0.2, 0.25) is 5.88 Å². The van der Waals surface area contributed by atoms with Gasteiger partial charge in [-0.25, -0.2) is 4.98 Å². The Bertz CT molecular complexity index is 452. The summed E-state index contributed by atoms with van der Waals surface area (Å²) in [7, 11) is 0. The third-order valence-electron chi connectivity index (χ3n) is 3.57. The third kappa shape index (κ3) is 3.36. The van der Waals surface area contributed by atoms with Crippen LogP contribution in [0.2, 0.25) is 0 Å². The van der Waals surface area contributed by atoms with Gasteiger partial charge in [-0.3, -0.25) is 0 Å². The fourth-order valence-electron chi connectivity index (χ4n) is 2.86. The Morgan fingerprint density at radius 3 is 2.68 bits per heavy atom. The van der Waals surface area contributed by atoms with Crippen molar-refractivity contribution in [3.8, 4) is 5.88 Å². The predicted octanol–water partition coefficient (Wildman–Crippen LogP) is 2.38. The molecule has 2 rings (SSSR count). The number of oxime groups is 1. The smallest absolute Gasteiger partial charge is 0.224 e. The van der Waals surface area contributed by atoms with Crippen molar-refractivity contribution >= 4 is 5.84 Å². The molecule has 0 bridgehead atoms. The van der Waals surface area contributed by atoms with Gasteiger partial charge in [-0.2, -0.15) is 0 Å². The summed E-state index contributed by atoms with van der Waals surface area (Å²) in [6.07, 6.45) is 5.10. The fourth-order valence-corrected chi connectivity index (χ4v) is 2.86. The van der Waals surface area contributed by atoms with Crippen LogP contribution in [0.1, 0.15) is 38.7 Å². The van der Waals surface area contributed by atoms with E-state index in [0.717, 1.165) is 12.8 Å². The van der Waals surface area contributed by atoms with Crippen molar-refractivity contribution in [2.75, 3.05) is 0 Å². The molecule has 3 N–H and O–H groups in total. The number of hydrogen-bond donors (Lipinski definition) is 2. The standard InChI is InChI=1S/C14H21N3O2/c1-9-6-10(2)8-11(7-9)19-14-12(13(15)17-18)4-3-5-16-14/h3-5,9-11,18H,6-8H2,1-2H3,(H2,15,17). The van der Waals surface area contributed by atoms with E-state index < -0.39 is 0 Å². The number of amidine groups is 1. The summed E-state index contributed by atoms with van der Waals surface area (Å²) >= 11 is 0. The maximum atomic E-state index is 8.78.